The third-order valence-electron chi connectivity index (χ3n) is 7.70. The average Bonchev–Trinajstić information content (AvgIpc) is 2.81. The summed E-state index contributed by atoms with van der Waals surface area (Å²) in [5.74, 6) is 0. The molecule has 0 spiro atoms. The monoisotopic (exact) mass is 458 g/mol. The molecule has 1 aromatic rings. The maximum atomic E-state index is 2.46. The van der Waals surface area contributed by atoms with Crippen LogP contribution in [0.5, 0.6) is 0 Å². The van der Waals surface area contributed by atoms with Crippen LogP contribution in [0.25, 0.3) is 0 Å². The molecule has 1 aromatic carbocycles. The van der Waals surface area contributed by atoms with Crippen molar-refractivity contribution in [1.29, 1.82) is 0 Å². The summed E-state index contributed by atoms with van der Waals surface area (Å²) in [6.45, 7) is 5.91. The molecule has 0 N–H and O–H groups in total. The molecule has 1 heteroatoms. The first-order valence-electron chi connectivity index (χ1n) is 15.0. The van der Waals surface area contributed by atoms with Gasteiger partial charge < -0.3 is 4.48 Å². The molecular weight excluding hydrogens is 398 g/mol. The maximum Gasteiger partial charge on any atom is 0.114 e. The van der Waals surface area contributed by atoms with E-state index in [0.29, 0.717) is 6.04 Å². The Morgan fingerprint density at radius 1 is 0.515 bits per heavy atom. The van der Waals surface area contributed by atoms with Gasteiger partial charge in [0.25, 0.3) is 0 Å². The zero-order valence-corrected chi connectivity index (χ0v) is 23.3. The Bertz CT molecular complexity index is 521. The van der Waals surface area contributed by atoms with Crippen molar-refractivity contribution in [3.05, 3.63) is 35.9 Å². The molecule has 0 amide bonds. The predicted molar refractivity (Wildman–Crippen MR) is 150 cm³/mol. The number of hydrogen-bond donors (Lipinski definition) is 0. The van der Waals surface area contributed by atoms with E-state index in [-0.39, 0.29) is 0 Å². The van der Waals surface area contributed by atoms with E-state index in [1.807, 2.05) is 0 Å². The molecular formula is C32H60N+. The van der Waals surface area contributed by atoms with E-state index < -0.39 is 0 Å². The van der Waals surface area contributed by atoms with E-state index >= 15 is 0 Å². The Morgan fingerprint density at radius 3 is 1.36 bits per heavy atom. The summed E-state index contributed by atoms with van der Waals surface area (Å²) in [7, 11) is 4.92. The number of unbranched alkanes of at least 4 members (excludes halogenated alkanes) is 17. The molecule has 0 fully saturated rings. The van der Waals surface area contributed by atoms with Crippen molar-refractivity contribution in [2.24, 2.45) is 0 Å². The minimum absolute atomic E-state index is 0.648. The lowest BCUT2D eigenvalue weighted by atomic mass is 9.96. The summed E-state index contributed by atoms with van der Waals surface area (Å²) >= 11 is 0. The number of rotatable bonds is 23. The summed E-state index contributed by atoms with van der Waals surface area (Å²) < 4.78 is 1.14. The normalized spacial score (nSPS) is 12.8. The molecule has 1 nitrogen and oxygen atoms in total. The van der Waals surface area contributed by atoms with Gasteiger partial charge in [-0.3, -0.25) is 0 Å². The second-order valence-corrected chi connectivity index (χ2v) is 11.2. The fraction of sp³-hybridized carbons (Fsp3) is 0.812. The van der Waals surface area contributed by atoms with Crippen LogP contribution in [-0.2, 0) is 0 Å². The van der Waals surface area contributed by atoms with Gasteiger partial charge in [0, 0.05) is 12.0 Å². The van der Waals surface area contributed by atoms with Gasteiger partial charge in [0.05, 0.1) is 20.6 Å². The van der Waals surface area contributed by atoms with Crippen LogP contribution < -0.4 is 0 Å². The van der Waals surface area contributed by atoms with Crippen LogP contribution in [0, 0.1) is 0 Å². The van der Waals surface area contributed by atoms with E-state index in [0.717, 1.165) is 4.48 Å². The van der Waals surface area contributed by atoms with Crippen molar-refractivity contribution < 1.29 is 4.48 Å². The molecule has 33 heavy (non-hydrogen) atoms. The molecule has 0 bridgehead atoms. The maximum absolute atomic E-state index is 2.46. The predicted octanol–water partition coefficient (Wildman–Crippen LogP) is 10.6. The van der Waals surface area contributed by atoms with E-state index in [1.54, 1.807) is 5.56 Å². The molecule has 0 aliphatic heterocycles. The van der Waals surface area contributed by atoms with Gasteiger partial charge in [0.15, 0.2) is 0 Å². The molecule has 1 unspecified atom stereocenters. The summed E-state index contributed by atoms with van der Waals surface area (Å²) in [5.41, 5.74) is 1.54. The van der Waals surface area contributed by atoms with Crippen LogP contribution in [0.2, 0.25) is 0 Å². The highest BCUT2D eigenvalue weighted by molar-refractivity contribution is 5.17. The summed E-state index contributed by atoms with van der Waals surface area (Å²) in [4.78, 5) is 0. The first-order chi connectivity index (χ1) is 16.1. The second kappa shape index (κ2) is 20.5. The van der Waals surface area contributed by atoms with Crippen LogP contribution in [0.4, 0.5) is 0 Å². The highest BCUT2D eigenvalue weighted by atomic mass is 15.3. The van der Waals surface area contributed by atoms with Gasteiger partial charge in [0.2, 0.25) is 0 Å². The number of quaternary nitrogens is 1. The molecule has 1 rings (SSSR count). The summed E-state index contributed by atoms with van der Waals surface area (Å²) in [6.07, 6.45) is 28.5. The van der Waals surface area contributed by atoms with E-state index in [1.165, 1.54) is 135 Å². The van der Waals surface area contributed by atoms with Gasteiger partial charge in [-0.05, 0) is 19.3 Å². The third kappa shape index (κ3) is 15.7. The third-order valence-corrected chi connectivity index (χ3v) is 7.70. The van der Waals surface area contributed by atoms with Crippen LogP contribution in [-0.4, -0.2) is 25.1 Å². The van der Waals surface area contributed by atoms with Gasteiger partial charge >= 0.3 is 0 Å². The van der Waals surface area contributed by atoms with Crippen molar-refractivity contribution in [2.75, 3.05) is 20.6 Å². The Kier molecular flexibility index (Phi) is 18.8. The fourth-order valence-corrected chi connectivity index (χ4v) is 5.41. The zero-order chi connectivity index (χ0) is 24.0. The average molecular weight is 459 g/mol. The first kappa shape index (κ1) is 30.2. The minimum Gasteiger partial charge on any atom is -0.322 e. The SMILES string of the molecule is CCCCCCCCCCCCCCCCCCC(c1ccccc1)[N+](C)(C)CCCCC. The molecule has 0 aromatic heterocycles. The van der Waals surface area contributed by atoms with Crippen LogP contribution in [0.3, 0.4) is 0 Å². The van der Waals surface area contributed by atoms with E-state index in [4.69, 9.17) is 0 Å². The van der Waals surface area contributed by atoms with E-state index in [9.17, 15) is 0 Å². The number of hydrogen-bond acceptors (Lipinski definition) is 0. The Hall–Kier alpha value is -0.820. The Balaban J connectivity index is 2.10. The highest BCUT2D eigenvalue weighted by Gasteiger charge is 2.28. The minimum atomic E-state index is 0.648. The summed E-state index contributed by atoms with van der Waals surface area (Å²) in [5, 5.41) is 0. The second-order valence-electron chi connectivity index (χ2n) is 11.2. The number of nitrogens with zero attached hydrogens (tertiary/aromatic N) is 1. The Morgan fingerprint density at radius 2 is 0.909 bits per heavy atom. The van der Waals surface area contributed by atoms with Gasteiger partial charge in [0.1, 0.15) is 6.04 Å². The van der Waals surface area contributed by atoms with E-state index in [2.05, 4.69) is 58.3 Å². The summed E-state index contributed by atoms with van der Waals surface area (Å²) in [6, 6.07) is 12.0. The highest BCUT2D eigenvalue weighted by Crippen LogP contribution is 2.31. The molecule has 1 atom stereocenters. The first-order valence-corrected chi connectivity index (χ1v) is 15.0. The zero-order valence-electron chi connectivity index (χ0n) is 23.3. The van der Waals surface area contributed by atoms with Gasteiger partial charge in [-0.25, -0.2) is 0 Å². The largest absolute Gasteiger partial charge is 0.322 e. The van der Waals surface area contributed by atoms with Crippen molar-refractivity contribution in [3.8, 4) is 0 Å². The molecule has 0 heterocycles. The van der Waals surface area contributed by atoms with Crippen molar-refractivity contribution in [1.82, 2.24) is 0 Å². The quantitative estimate of drug-likeness (QED) is 0.113. The number of benzene rings is 1. The standard InChI is InChI=1S/C32H60N/c1-5-7-9-10-11-12-13-14-15-16-17-18-19-20-21-25-29-32(31-27-23-22-24-28-31)33(3,4)30-26-8-6-2/h22-24,27-28,32H,5-21,25-26,29-30H2,1-4H3/q+1. The lowest BCUT2D eigenvalue weighted by molar-refractivity contribution is -0.921. The van der Waals surface area contributed by atoms with Crippen LogP contribution >= 0.6 is 0 Å². The molecule has 0 saturated heterocycles. The van der Waals surface area contributed by atoms with Crippen molar-refractivity contribution in [2.45, 2.75) is 148 Å². The molecule has 0 aliphatic carbocycles. The molecule has 0 saturated carbocycles. The Labute approximate surface area is 209 Å². The van der Waals surface area contributed by atoms with Gasteiger partial charge in [-0.1, -0.05) is 147 Å². The molecule has 0 radical (unpaired) electrons. The lowest BCUT2D eigenvalue weighted by Gasteiger charge is -2.39. The van der Waals surface area contributed by atoms with Crippen molar-refractivity contribution in [3.63, 3.8) is 0 Å². The smallest absolute Gasteiger partial charge is 0.114 e. The fourth-order valence-electron chi connectivity index (χ4n) is 5.41. The molecule has 0 aliphatic rings. The van der Waals surface area contributed by atoms with Crippen LogP contribution in [0.1, 0.15) is 154 Å². The van der Waals surface area contributed by atoms with Crippen LogP contribution in [0.15, 0.2) is 30.3 Å². The van der Waals surface area contributed by atoms with Crippen molar-refractivity contribution >= 4 is 0 Å². The lowest BCUT2D eigenvalue weighted by Crippen LogP contribution is -2.44. The topological polar surface area (TPSA) is 0 Å². The van der Waals surface area contributed by atoms with Gasteiger partial charge in [-0.15, -0.1) is 0 Å². The molecule has 192 valence electrons. The van der Waals surface area contributed by atoms with Gasteiger partial charge in [-0.2, -0.15) is 0 Å².